The summed E-state index contributed by atoms with van der Waals surface area (Å²) in [6, 6.07) is 7.65. The number of carbonyl (C=O) groups excluding carboxylic acids is 1. The van der Waals surface area contributed by atoms with E-state index in [0.29, 0.717) is 28.8 Å². The molecule has 188 valence electrons. The van der Waals surface area contributed by atoms with Gasteiger partial charge in [-0.25, -0.2) is 9.11 Å². The lowest BCUT2D eigenvalue weighted by atomic mass is 9.88. The van der Waals surface area contributed by atoms with Crippen molar-refractivity contribution in [1.29, 1.82) is 0 Å². The molecule has 0 aliphatic heterocycles. The average molecular weight is 502 g/mol. The van der Waals surface area contributed by atoms with Crippen LogP contribution in [0.25, 0.3) is 11.1 Å². The summed E-state index contributed by atoms with van der Waals surface area (Å²) >= 11 is 0. The Morgan fingerprint density at radius 1 is 1.17 bits per heavy atom. The topological polar surface area (TPSA) is 97.2 Å². The highest BCUT2D eigenvalue weighted by Crippen LogP contribution is 2.32. The zero-order chi connectivity index (χ0) is 25.9. The van der Waals surface area contributed by atoms with Gasteiger partial charge < -0.3 is 4.90 Å². The van der Waals surface area contributed by atoms with Gasteiger partial charge >= 0.3 is 0 Å². The number of hydrogen-bond donors (Lipinski definition) is 1. The number of rotatable bonds is 9. The number of nitrogens with zero attached hydrogens (tertiary/aromatic N) is 4. The Labute approximate surface area is 206 Å². The maximum Gasteiger partial charge on any atom is 0.283 e. The van der Waals surface area contributed by atoms with Crippen molar-refractivity contribution in [3.63, 3.8) is 0 Å². The van der Waals surface area contributed by atoms with Crippen molar-refractivity contribution in [2.45, 2.75) is 57.6 Å². The summed E-state index contributed by atoms with van der Waals surface area (Å²) in [6.07, 6.45) is 2.94. The van der Waals surface area contributed by atoms with Crippen LogP contribution >= 0.6 is 0 Å². The Hall–Kier alpha value is -3.11. The molecule has 1 N–H and O–H groups in total. The first kappa shape index (κ1) is 26.5. The van der Waals surface area contributed by atoms with Gasteiger partial charge in [0.2, 0.25) is 5.91 Å². The fourth-order valence-electron chi connectivity index (χ4n) is 3.98. The van der Waals surface area contributed by atoms with Crippen molar-refractivity contribution >= 4 is 15.9 Å². The fourth-order valence-corrected chi connectivity index (χ4v) is 4.94. The van der Waals surface area contributed by atoms with Crippen LogP contribution < -0.4 is 4.72 Å². The smallest absolute Gasteiger partial charge is 0.283 e. The van der Waals surface area contributed by atoms with Crippen LogP contribution in [-0.2, 0) is 27.8 Å². The van der Waals surface area contributed by atoms with Crippen LogP contribution in [0.15, 0.2) is 47.8 Å². The molecule has 2 aromatic heterocycles. The Morgan fingerprint density at radius 2 is 1.89 bits per heavy atom. The van der Waals surface area contributed by atoms with E-state index in [1.165, 1.54) is 18.2 Å². The molecule has 8 nitrogen and oxygen atoms in total. The molecule has 0 radical (unpaired) electrons. The number of halogens is 1. The van der Waals surface area contributed by atoms with Crippen LogP contribution in [0.4, 0.5) is 4.39 Å². The predicted molar refractivity (Wildman–Crippen MR) is 133 cm³/mol. The van der Waals surface area contributed by atoms with E-state index in [1.54, 1.807) is 29.2 Å². The van der Waals surface area contributed by atoms with Crippen LogP contribution in [0.1, 0.15) is 56.5 Å². The van der Waals surface area contributed by atoms with E-state index < -0.39 is 21.7 Å². The lowest BCUT2D eigenvalue weighted by Crippen LogP contribution is -2.32. The third-order valence-electron chi connectivity index (χ3n) is 5.46. The van der Waals surface area contributed by atoms with Crippen molar-refractivity contribution in [3.05, 3.63) is 65.4 Å². The monoisotopic (exact) mass is 501 g/mol. The van der Waals surface area contributed by atoms with Crippen molar-refractivity contribution in [2.24, 2.45) is 0 Å². The average Bonchev–Trinajstić information content (AvgIpc) is 3.19. The fraction of sp³-hybridized carbons (Fsp3) is 0.400. The van der Waals surface area contributed by atoms with E-state index in [2.05, 4.69) is 14.8 Å². The SMILES string of the molecule is CC(C)c1cc(F)cc(-c2cccnc2)c1CC(=O)NS(=O)(=O)c1cc(CN(C)C)n(C(C)C)n1. The lowest BCUT2D eigenvalue weighted by Gasteiger charge is -2.18. The molecule has 0 bridgehead atoms. The molecule has 1 amide bonds. The summed E-state index contributed by atoms with van der Waals surface area (Å²) in [6.45, 7) is 8.10. The molecule has 3 aromatic rings. The highest BCUT2D eigenvalue weighted by Gasteiger charge is 2.26. The van der Waals surface area contributed by atoms with Gasteiger partial charge in [0, 0.05) is 36.6 Å². The molecule has 0 fully saturated rings. The molecule has 0 aliphatic rings. The van der Waals surface area contributed by atoms with E-state index in [-0.39, 0.29) is 23.4 Å². The summed E-state index contributed by atoms with van der Waals surface area (Å²) in [5.41, 5.74) is 3.06. The van der Waals surface area contributed by atoms with Gasteiger partial charge in [0.25, 0.3) is 10.0 Å². The quantitative estimate of drug-likeness (QED) is 0.478. The van der Waals surface area contributed by atoms with Crippen LogP contribution in [0.2, 0.25) is 0 Å². The van der Waals surface area contributed by atoms with Crippen LogP contribution in [-0.4, -0.2) is 48.1 Å². The Balaban J connectivity index is 1.95. The molecule has 0 unspecified atom stereocenters. The second kappa shape index (κ2) is 10.7. The van der Waals surface area contributed by atoms with Crippen molar-refractivity contribution < 1.29 is 17.6 Å². The summed E-state index contributed by atoms with van der Waals surface area (Å²) in [7, 11) is -0.451. The maximum atomic E-state index is 14.4. The van der Waals surface area contributed by atoms with Gasteiger partial charge in [0.15, 0.2) is 5.03 Å². The number of sulfonamides is 1. The molecule has 35 heavy (non-hydrogen) atoms. The Kier molecular flexibility index (Phi) is 8.07. The zero-order valence-corrected chi connectivity index (χ0v) is 21.7. The minimum atomic E-state index is -4.21. The summed E-state index contributed by atoms with van der Waals surface area (Å²) in [5.74, 6) is -1.25. The number of amides is 1. The van der Waals surface area contributed by atoms with Crippen molar-refractivity contribution in [1.82, 2.24) is 24.4 Å². The minimum Gasteiger partial charge on any atom is -0.304 e. The van der Waals surface area contributed by atoms with Crippen LogP contribution in [0, 0.1) is 5.82 Å². The number of aromatic nitrogens is 3. The van der Waals surface area contributed by atoms with Crippen LogP contribution in [0.5, 0.6) is 0 Å². The molecule has 0 saturated heterocycles. The van der Waals surface area contributed by atoms with Crippen molar-refractivity contribution in [3.8, 4) is 11.1 Å². The van der Waals surface area contributed by atoms with Gasteiger partial charge in [-0.3, -0.25) is 14.5 Å². The van der Waals surface area contributed by atoms with E-state index in [4.69, 9.17) is 0 Å². The van der Waals surface area contributed by atoms with E-state index >= 15 is 0 Å². The number of nitrogens with one attached hydrogen (secondary N) is 1. The van der Waals surface area contributed by atoms with Crippen molar-refractivity contribution in [2.75, 3.05) is 14.1 Å². The van der Waals surface area contributed by atoms with Gasteiger partial charge in [0.05, 0.1) is 12.1 Å². The van der Waals surface area contributed by atoms with E-state index in [0.717, 1.165) is 5.69 Å². The van der Waals surface area contributed by atoms with Crippen LogP contribution in [0.3, 0.4) is 0 Å². The van der Waals surface area contributed by atoms with E-state index in [1.807, 2.05) is 46.7 Å². The number of benzene rings is 1. The Bertz CT molecular complexity index is 1300. The normalized spacial score (nSPS) is 12.1. The predicted octanol–water partition coefficient (Wildman–Crippen LogP) is 3.90. The molecule has 0 spiro atoms. The highest BCUT2D eigenvalue weighted by molar-refractivity contribution is 7.90. The minimum absolute atomic E-state index is 0.0561. The molecular weight excluding hydrogens is 469 g/mol. The van der Waals surface area contributed by atoms with Gasteiger partial charge in [-0.2, -0.15) is 13.5 Å². The van der Waals surface area contributed by atoms with Gasteiger partial charge in [-0.1, -0.05) is 19.9 Å². The first-order valence-electron chi connectivity index (χ1n) is 11.4. The highest BCUT2D eigenvalue weighted by atomic mass is 32.2. The molecular formula is C25H32FN5O3S. The summed E-state index contributed by atoms with van der Waals surface area (Å²) in [4.78, 5) is 19.0. The molecule has 0 aliphatic carbocycles. The molecule has 3 rings (SSSR count). The first-order valence-corrected chi connectivity index (χ1v) is 12.9. The third-order valence-corrected chi connectivity index (χ3v) is 6.71. The first-order chi connectivity index (χ1) is 16.4. The zero-order valence-electron chi connectivity index (χ0n) is 20.9. The second-order valence-corrected chi connectivity index (χ2v) is 11.0. The third kappa shape index (κ3) is 6.32. The molecule has 0 saturated carbocycles. The standard InChI is InChI=1S/C25H32FN5O3S/c1-16(2)21-10-19(26)11-22(18-8-7-9-27-14-18)23(21)13-24(32)29-35(33,34)25-12-20(15-30(5)6)31(28-25)17(3)4/h7-12,14,16-17H,13,15H2,1-6H3,(H,29,32). The maximum absolute atomic E-state index is 14.4. The molecule has 10 heteroatoms. The molecule has 2 heterocycles. The second-order valence-electron chi connectivity index (χ2n) is 9.37. The van der Waals surface area contributed by atoms with E-state index in [9.17, 15) is 17.6 Å². The summed E-state index contributed by atoms with van der Waals surface area (Å²) < 4.78 is 44.3. The van der Waals surface area contributed by atoms with Gasteiger partial charge in [-0.15, -0.1) is 0 Å². The van der Waals surface area contributed by atoms with Gasteiger partial charge in [-0.05, 0) is 68.8 Å². The number of hydrogen-bond acceptors (Lipinski definition) is 6. The molecule has 0 atom stereocenters. The van der Waals surface area contributed by atoms with Gasteiger partial charge in [0.1, 0.15) is 5.82 Å². The molecule has 1 aromatic carbocycles. The Morgan fingerprint density at radius 3 is 2.46 bits per heavy atom. The number of carbonyl (C=O) groups is 1. The summed E-state index contributed by atoms with van der Waals surface area (Å²) in [5, 5.41) is 4.03. The largest absolute Gasteiger partial charge is 0.304 e. The lowest BCUT2D eigenvalue weighted by molar-refractivity contribution is -0.118. The number of pyridine rings is 1.